The van der Waals surface area contributed by atoms with Crippen LogP contribution in [0.4, 0.5) is 5.95 Å². The summed E-state index contributed by atoms with van der Waals surface area (Å²) in [5.41, 5.74) is 1.16. The molecule has 6 heteroatoms. The van der Waals surface area contributed by atoms with Gasteiger partial charge in [-0.05, 0) is 25.2 Å². The van der Waals surface area contributed by atoms with Crippen molar-refractivity contribution in [1.29, 1.82) is 0 Å². The lowest BCUT2D eigenvalue weighted by Gasteiger charge is -2.27. The molecule has 6 nitrogen and oxygen atoms in total. The molecule has 1 fully saturated rings. The van der Waals surface area contributed by atoms with Gasteiger partial charge < -0.3 is 15.0 Å². The van der Waals surface area contributed by atoms with Crippen molar-refractivity contribution in [3.05, 3.63) is 17.5 Å². The van der Waals surface area contributed by atoms with Crippen molar-refractivity contribution in [3.8, 4) is 0 Å². The van der Waals surface area contributed by atoms with Crippen molar-refractivity contribution < 1.29 is 9.53 Å². The lowest BCUT2D eigenvalue weighted by atomic mass is 10.1. The maximum atomic E-state index is 12.3. The van der Waals surface area contributed by atoms with Crippen LogP contribution in [0, 0.1) is 5.92 Å². The van der Waals surface area contributed by atoms with Gasteiger partial charge in [-0.3, -0.25) is 4.79 Å². The first-order valence-corrected chi connectivity index (χ1v) is 7.99. The molecule has 1 aromatic heterocycles. The van der Waals surface area contributed by atoms with E-state index in [0.717, 1.165) is 13.1 Å². The van der Waals surface area contributed by atoms with Crippen molar-refractivity contribution in [2.75, 3.05) is 31.6 Å². The standard InChI is InChI=1S/C16H26N4O2/c1-12(2)9-17-15(21)13-10-18-16(19-14(13)11-22-3)20-7-5-4-6-8-20/h10,12H,4-9,11H2,1-3H3,(H,17,21). The second-order valence-corrected chi connectivity index (χ2v) is 6.11. The first-order valence-electron chi connectivity index (χ1n) is 7.99. The van der Waals surface area contributed by atoms with Crippen LogP contribution in [0.25, 0.3) is 0 Å². The number of amides is 1. The SMILES string of the molecule is COCc1nc(N2CCCCC2)ncc1C(=O)NCC(C)C. The Hall–Kier alpha value is -1.69. The van der Waals surface area contributed by atoms with Gasteiger partial charge in [0.25, 0.3) is 5.91 Å². The average molecular weight is 306 g/mol. The molecule has 1 N–H and O–H groups in total. The van der Waals surface area contributed by atoms with Crippen LogP contribution in [0.3, 0.4) is 0 Å². The van der Waals surface area contributed by atoms with Crippen LogP contribution in [-0.4, -0.2) is 42.6 Å². The summed E-state index contributed by atoms with van der Waals surface area (Å²) in [5.74, 6) is 0.974. The number of piperidine rings is 1. The summed E-state index contributed by atoms with van der Waals surface area (Å²) in [6, 6.07) is 0. The number of hydrogen-bond donors (Lipinski definition) is 1. The number of nitrogens with one attached hydrogen (secondary N) is 1. The number of aromatic nitrogens is 2. The summed E-state index contributed by atoms with van der Waals surface area (Å²) < 4.78 is 5.20. The fourth-order valence-electron chi connectivity index (χ4n) is 2.48. The molecule has 0 spiro atoms. The number of hydrogen-bond acceptors (Lipinski definition) is 5. The summed E-state index contributed by atoms with van der Waals surface area (Å²) in [4.78, 5) is 23.4. The number of methoxy groups -OCH3 is 1. The van der Waals surface area contributed by atoms with Gasteiger partial charge in [-0.2, -0.15) is 0 Å². The summed E-state index contributed by atoms with van der Waals surface area (Å²) in [5, 5.41) is 2.91. The fraction of sp³-hybridized carbons (Fsp3) is 0.688. The van der Waals surface area contributed by atoms with E-state index in [9.17, 15) is 4.79 Å². The Bertz CT molecular complexity index is 499. The molecule has 1 aromatic rings. The van der Waals surface area contributed by atoms with Gasteiger partial charge >= 0.3 is 0 Å². The fourth-order valence-corrected chi connectivity index (χ4v) is 2.48. The van der Waals surface area contributed by atoms with Crippen LogP contribution >= 0.6 is 0 Å². The van der Waals surface area contributed by atoms with Crippen LogP contribution < -0.4 is 10.2 Å². The van der Waals surface area contributed by atoms with Crippen molar-refractivity contribution in [3.63, 3.8) is 0 Å². The maximum Gasteiger partial charge on any atom is 0.254 e. The second-order valence-electron chi connectivity index (χ2n) is 6.11. The van der Waals surface area contributed by atoms with Crippen LogP contribution in [0.1, 0.15) is 49.2 Å². The highest BCUT2D eigenvalue weighted by Crippen LogP contribution is 2.17. The highest BCUT2D eigenvalue weighted by atomic mass is 16.5. The molecular formula is C16H26N4O2. The summed E-state index contributed by atoms with van der Waals surface area (Å²) >= 11 is 0. The van der Waals surface area contributed by atoms with E-state index in [1.54, 1.807) is 13.3 Å². The highest BCUT2D eigenvalue weighted by Gasteiger charge is 2.18. The molecule has 2 rings (SSSR count). The smallest absolute Gasteiger partial charge is 0.254 e. The molecule has 0 atom stereocenters. The normalized spacial score (nSPS) is 15.2. The Morgan fingerprint density at radius 2 is 2.09 bits per heavy atom. The van der Waals surface area contributed by atoms with Crippen LogP contribution in [0.2, 0.25) is 0 Å². The molecule has 122 valence electrons. The lowest BCUT2D eigenvalue weighted by Crippen LogP contribution is -2.32. The Kier molecular flexibility index (Phi) is 6.12. The molecular weight excluding hydrogens is 280 g/mol. The van der Waals surface area contributed by atoms with Gasteiger partial charge in [0.15, 0.2) is 0 Å². The predicted molar refractivity (Wildman–Crippen MR) is 86.0 cm³/mol. The summed E-state index contributed by atoms with van der Waals surface area (Å²) in [6.45, 7) is 7.03. The van der Waals surface area contributed by atoms with E-state index in [1.165, 1.54) is 19.3 Å². The third-order valence-corrected chi connectivity index (χ3v) is 3.69. The quantitative estimate of drug-likeness (QED) is 0.870. The lowest BCUT2D eigenvalue weighted by molar-refractivity contribution is 0.0942. The zero-order valence-corrected chi connectivity index (χ0v) is 13.8. The minimum Gasteiger partial charge on any atom is -0.378 e. The van der Waals surface area contributed by atoms with Gasteiger partial charge in [0.05, 0.1) is 17.9 Å². The molecule has 0 bridgehead atoms. The Balaban J connectivity index is 2.17. The molecule has 1 amide bonds. The van der Waals surface area contributed by atoms with E-state index in [-0.39, 0.29) is 5.91 Å². The van der Waals surface area contributed by atoms with Crippen molar-refractivity contribution in [1.82, 2.24) is 15.3 Å². The molecule has 2 heterocycles. The number of anilines is 1. The van der Waals surface area contributed by atoms with Crippen molar-refractivity contribution in [2.24, 2.45) is 5.92 Å². The van der Waals surface area contributed by atoms with E-state index < -0.39 is 0 Å². The molecule has 0 radical (unpaired) electrons. The zero-order chi connectivity index (χ0) is 15.9. The zero-order valence-electron chi connectivity index (χ0n) is 13.8. The van der Waals surface area contributed by atoms with Gasteiger partial charge in [-0.1, -0.05) is 13.8 Å². The van der Waals surface area contributed by atoms with Gasteiger partial charge in [-0.15, -0.1) is 0 Å². The Labute approximate surface area is 132 Å². The van der Waals surface area contributed by atoms with Crippen LogP contribution in [-0.2, 0) is 11.3 Å². The van der Waals surface area contributed by atoms with E-state index in [0.29, 0.717) is 36.3 Å². The number of nitrogens with zero attached hydrogens (tertiary/aromatic N) is 3. The van der Waals surface area contributed by atoms with E-state index in [4.69, 9.17) is 4.74 Å². The second kappa shape index (κ2) is 8.08. The third-order valence-electron chi connectivity index (χ3n) is 3.69. The monoisotopic (exact) mass is 306 g/mol. The third kappa shape index (κ3) is 4.40. The summed E-state index contributed by atoms with van der Waals surface area (Å²) in [6.07, 6.45) is 5.22. The number of carbonyl (C=O) groups excluding carboxylic acids is 1. The molecule has 0 unspecified atom stereocenters. The van der Waals surface area contributed by atoms with E-state index >= 15 is 0 Å². The molecule has 1 aliphatic heterocycles. The maximum absolute atomic E-state index is 12.3. The Morgan fingerprint density at radius 3 is 2.73 bits per heavy atom. The molecule has 0 aromatic carbocycles. The number of carbonyl (C=O) groups is 1. The largest absolute Gasteiger partial charge is 0.378 e. The number of ether oxygens (including phenoxy) is 1. The van der Waals surface area contributed by atoms with Crippen LogP contribution in [0.5, 0.6) is 0 Å². The first-order chi connectivity index (χ1) is 10.6. The molecule has 22 heavy (non-hydrogen) atoms. The molecule has 1 aliphatic rings. The topological polar surface area (TPSA) is 67.3 Å². The molecule has 0 saturated carbocycles. The molecule has 0 aliphatic carbocycles. The van der Waals surface area contributed by atoms with Gasteiger partial charge in [-0.25, -0.2) is 9.97 Å². The van der Waals surface area contributed by atoms with Gasteiger partial charge in [0.2, 0.25) is 5.95 Å². The minimum absolute atomic E-state index is 0.133. The summed E-state index contributed by atoms with van der Waals surface area (Å²) in [7, 11) is 1.61. The van der Waals surface area contributed by atoms with E-state index in [1.807, 2.05) is 0 Å². The van der Waals surface area contributed by atoms with Gasteiger partial charge in [0.1, 0.15) is 0 Å². The van der Waals surface area contributed by atoms with Crippen LogP contribution in [0.15, 0.2) is 6.20 Å². The Morgan fingerprint density at radius 1 is 1.36 bits per heavy atom. The minimum atomic E-state index is -0.133. The van der Waals surface area contributed by atoms with Gasteiger partial charge in [0, 0.05) is 32.9 Å². The van der Waals surface area contributed by atoms with Crippen molar-refractivity contribution in [2.45, 2.75) is 39.7 Å². The highest BCUT2D eigenvalue weighted by molar-refractivity contribution is 5.95. The van der Waals surface area contributed by atoms with E-state index in [2.05, 4.69) is 34.0 Å². The predicted octanol–water partition coefficient (Wildman–Crippen LogP) is 2.00. The molecule has 1 saturated heterocycles. The first kappa shape index (κ1) is 16.7. The number of rotatable bonds is 6. The average Bonchev–Trinajstić information content (AvgIpc) is 2.53. The van der Waals surface area contributed by atoms with Crippen molar-refractivity contribution >= 4 is 11.9 Å².